The van der Waals surface area contributed by atoms with Gasteiger partial charge >= 0.3 is 5.97 Å². The lowest BCUT2D eigenvalue weighted by atomic mass is 9.96. The molecule has 0 aliphatic heterocycles. The third kappa shape index (κ3) is 5.17. The number of carbonyl (C=O) groups excluding carboxylic acids is 2. The molecule has 0 aliphatic rings. The Morgan fingerprint density at radius 3 is 2.54 bits per heavy atom. The molecule has 1 atom stereocenters. The molecule has 3 heteroatoms. The Morgan fingerprint density at radius 1 is 1.54 bits per heavy atom. The van der Waals surface area contributed by atoms with E-state index in [1.165, 1.54) is 14.0 Å². The van der Waals surface area contributed by atoms with E-state index in [0.29, 0.717) is 6.42 Å². The Hall–Kier alpha value is -1.12. The van der Waals surface area contributed by atoms with Crippen LogP contribution < -0.4 is 0 Å². The van der Waals surface area contributed by atoms with Crippen molar-refractivity contribution in [2.45, 2.75) is 26.2 Å². The zero-order valence-corrected chi connectivity index (χ0v) is 8.21. The van der Waals surface area contributed by atoms with Crippen LogP contribution in [0, 0.1) is 5.92 Å². The largest absolute Gasteiger partial charge is 0.469 e. The van der Waals surface area contributed by atoms with Crippen molar-refractivity contribution < 1.29 is 14.3 Å². The van der Waals surface area contributed by atoms with E-state index in [4.69, 9.17) is 0 Å². The lowest BCUT2D eigenvalue weighted by Crippen LogP contribution is -2.16. The Kier molecular flexibility index (Phi) is 5.85. The zero-order valence-electron chi connectivity index (χ0n) is 8.21. The average Bonchev–Trinajstić information content (AvgIpc) is 2.11. The van der Waals surface area contributed by atoms with E-state index in [1.807, 2.05) is 0 Å². The molecule has 0 saturated carbocycles. The number of methoxy groups -OCH3 is 1. The van der Waals surface area contributed by atoms with E-state index in [-0.39, 0.29) is 24.1 Å². The van der Waals surface area contributed by atoms with Gasteiger partial charge in [0.15, 0.2) is 0 Å². The molecular weight excluding hydrogens is 168 g/mol. The summed E-state index contributed by atoms with van der Waals surface area (Å²) in [6.07, 6.45) is 3.35. The molecule has 0 aliphatic carbocycles. The predicted octanol–water partition coefficient (Wildman–Crippen LogP) is 1.72. The van der Waals surface area contributed by atoms with Crippen LogP contribution in [0.25, 0.3) is 0 Å². The topological polar surface area (TPSA) is 43.4 Å². The van der Waals surface area contributed by atoms with Crippen molar-refractivity contribution in [1.82, 2.24) is 0 Å². The Morgan fingerprint density at radius 2 is 2.15 bits per heavy atom. The number of ketones is 1. The molecule has 0 aromatic rings. The van der Waals surface area contributed by atoms with Crippen LogP contribution in [-0.2, 0) is 14.3 Å². The molecule has 0 amide bonds. The summed E-state index contributed by atoms with van der Waals surface area (Å²) in [7, 11) is 1.33. The van der Waals surface area contributed by atoms with Gasteiger partial charge in [-0.2, -0.15) is 0 Å². The number of Topliss-reactive ketones (excluding diaryl/α,β-unsaturated/α-hetero) is 1. The summed E-state index contributed by atoms with van der Waals surface area (Å²) >= 11 is 0. The SMILES string of the molecule is C=CCCC(CC(=O)OC)C(C)=O. The highest BCUT2D eigenvalue weighted by atomic mass is 16.5. The van der Waals surface area contributed by atoms with Crippen molar-refractivity contribution in [2.24, 2.45) is 5.92 Å². The van der Waals surface area contributed by atoms with E-state index in [1.54, 1.807) is 6.08 Å². The highest BCUT2D eigenvalue weighted by molar-refractivity contribution is 5.83. The summed E-state index contributed by atoms with van der Waals surface area (Å²) in [5, 5.41) is 0. The molecule has 0 heterocycles. The van der Waals surface area contributed by atoms with E-state index >= 15 is 0 Å². The van der Waals surface area contributed by atoms with Gasteiger partial charge in [0.2, 0.25) is 0 Å². The molecule has 0 rings (SSSR count). The number of hydrogen-bond donors (Lipinski definition) is 0. The van der Waals surface area contributed by atoms with Gasteiger partial charge in [-0.25, -0.2) is 0 Å². The first-order chi connectivity index (χ1) is 6.11. The Balaban J connectivity index is 4.01. The minimum absolute atomic E-state index is 0.0345. The maximum Gasteiger partial charge on any atom is 0.306 e. The highest BCUT2D eigenvalue weighted by Gasteiger charge is 2.17. The van der Waals surface area contributed by atoms with E-state index < -0.39 is 0 Å². The number of hydrogen-bond acceptors (Lipinski definition) is 3. The fourth-order valence-corrected chi connectivity index (χ4v) is 1.05. The molecule has 0 spiro atoms. The van der Waals surface area contributed by atoms with Crippen LogP contribution in [0.5, 0.6) is 0 Å². The van der Waals surface area contributed by atoms with Crippen molar-refractivity contribution in [3.05, 3.63) is 12.7 Å². The minimum Gasteiger partial charge on any atom is -0.469 e. The molecule has 0 aromatic heterocycles. The molecule has 0 saturated heterocycles. The fourth-order valence-electron chi connectivity index (χ4n) is 1.05. The second-order valence-corrected chi connectivity index (χ2v) is 2.95. The van der Waals surface area contributed by atoms with Crippen LogP contribution in [0.1, 0.15) is 26.2 Å². The van der Waals surface area contributed by atoms with Crippen LogP contribution >= 0.6 is 0 Å². The minimum atomic E-state index is -0.329. The Labute approximate surface area is 78.8 Å². The number of rotatable bonds is 6. The number of carbonyl (C=O) groups is 2. The highest BCUT2D eigenvalue weighted by Crippen LogP contribution is 2.13. The van der Waals surface area contributed by atoms with Gasteiger partial charge in [-0.3, -0.25) is 9.59 Å². The zero-order chi connectivity index (χ0) is 10.3. The summed E-state index contributed by atoms with van der Waals surface area (Å²) in [4.78, 5) is 21.9. The number of allylic oxidation sites excluding steroid dienone is 1. The van der Waals surface area contributed by atoms with Crippen molar-refractivity contribution in [3.63, 3.8) is 0 Å². The molecule has 74 valence electrons. The van der Waals surface area contributed by atoms with Crippen molar-refractivity contribution in [3.8, 4) is 0 Å². The van der Waals surface area contributed by atoms with Crippen molar-refractivity contribution in [1.29, 1.82) is 0 Å². The molecule has 0 aromatic carbocycles. The summed E-state index contributed by atoms with van der Waals surface area (Å²) in [5.74, 6) is -0.512. The summed E-state index contributed by atoms with van der Waals surface area (Å²) in [5.41, 5.74) is 0. The van der Waals surface area contributed by atoms with Gasteiger partial charge < -0.3 is 4.74 Å². The van der Waals surface area contributed by atoms with Gasteiger partial charge in [0, 0.05) is 5.92 Å². The first-order valence-corrected chi connectivity index (χ1v) is 4.30. The molecule has 0 bridgehead atoms. The first kappa shape index (κ1) is 11.9. The maximum absolute atomic E-state index is 11.1. The lowest BCUT2D eigenvalue weighted by molar-refractivity contribution is -0.143. The van der Waals surface area contributed by atoms with Gasteiger partial charge in [0.25, 0.3) is 0 Å². The number of esters is 1. The van der Waals surface area contributed by atoms with Crippen molar-refractivity contribution in [2.75, 3.05) is 7.11 Å². The Bertz CT molecular complexity index is 196. The number of ether oxygens (including phenoxy) is 1. The summed E-state index contributed by atoms with van der Waals surface area (Å²) in [6, 6.07) is 0. The molecule has 1 unspecified atom stereocenters. The van der Waals surface area contributed by atoms with E-state index in [0.717, 1.165) is 6.42 Å². The second-order valence-electron chi connectivity index (χ2n) is 2.95. The second kappa shape index (κ2) is 6.40. The van der Waals surface area contributed by atoms with Gasteiger partial charge in [-0.15, -0.1) is 6.58 Å². The normalized spacial score (nSPS) is 11.8. The van der Waals surface area contributed by atoms with Gasteiger partial charge in [0.05, 0.1) is 13.5 Å². The smallest absolute Gasteiger partial charge is 0.306 e. The molecule has 0 N–H and O–H groups in total. The summed E-state index contributed by atoms with van der Waals surface area (Å²) < 4.78 is 4.49. The fraction of sp³-hybridized carbons (Fsp3) is 0.600. The van der Waals surface area contributed by atoms with Gasteiger partial charge in [-0.1, -0.05) is 6.08 Å². The summed E-state index contributed by atoms with van der Waals surface area (Å²) in [6.45, 7) is 5.06. The lowest BCUT2D eigenvalue weighted by Gasteiger charge is -2.10. The van der Waals surface area contributed by atoms with Crippen LogP contribution in [0.3, 0.4) is 0 Å². The first-order valence-electron chi connectivity index (χ1n) is 4.30. The van der Waals surface area contributed by atoms with Crippen molar-refractivity contribution >= 4 is 11.8 Å². The standard InChI is InChI=1S/C10H16O3/c1-4-5-6-9(8(2)11)7-10(12)13-3/h4,9H,1,5-7H2,2-3H3. The predicted molar refractivity (Wildman–Crippen MR) is 50.2 cm³/mol. The monoisotopic (exact) mass is 184 g/mol. The molecule has 0 radical (unpaired) electrons. The third-order valence-corrected chi connectivity index (χ3v) is 1.93. The van der Waals surface area contributed by atoms with Crippen LogP contribution in [-0.4, -0.2) is 18.9 Å². The molecule has 13 heavy (non-hydrogen) atoms. The van der Waals surface area contributed by atoms with Gasteiger partial charge in [0.1, 0.15) is 5.78 Å². The maximum atomic E-state index is 11.1. The van der Waals surface area contributed by atoms with Gasteiger partial charge in [-0.05, 0) is 19.8 Å². The van der Waals surface area contributed by atoms with E-state index in [2.05, 4.69) is 11.3 Å². The third-order valence-electron chi connectivity index (χ3n) is 1.93. The molecule has 3 nitrogen and oxygen atoms in total. The molecular formula is C10H16O3. The van der Waals surface area contributed by atoms with Crippen LogP contribution in [0.15, 0.2) is 12.7 Å². The van der Waals surface area contributed by atoms with Crippen LogP contribution in [0.2, 0.25) is 0 Å². The average molecular weight is 184 g/mol. The van der Waals surface area contributed by atoms with Crippen LogP contribution in [0.4, 0.5) is 0 Å². The quantitative estimate of drug-likeness (QED) is 0.466. The van der Waals surface area contributed by atoms with E-state index in [9.17, 15) is 9.59 Å². The molecule has 0 fully saturated rings.